The van der Waals surface area contributed by atoms with Crippen molar-refractivity contribution in [3.05, 3.63) is 68.5 Å². The standard InChI is InChI=1S/C27H27N7O2/c28-14-18-11-19-15-30-27(33-24(19)34(26(18)36)21-3-1-2-4-21)31-20-5-6-22-17(12-20)13-23(32-25(22)35)16-7-9-29-10-8-16/h5-6,11-13,15-16,21,29H,1-4,7-10H2,(H,32,35)(H,30,31,33). The number of fused-ring (bicyclic) bond motifs is 2. The Bertz CT molecular complexity index is 1620. The summed E-state index contributed by atoms with van der Waals surface area (Å²) in [5.74, 6) is 0.704. The molecule has 0 atom stereocenters. The van der Waals surface area contributed by atoms with E-state index in [-0.39, 0.29) is 22.7 Å². The van der Waals surface area contributed by atoms with Crippen LogP contribution in [-0.2, 0) is 0 Å². The van der Waals surface area contributed by atoms with Crippen molar-refractivity contribution < 1.29 is 0 Å². The lowest BCUT2D eigenvalue weighted by molar-refractivity contribution is 0.453. The lowest BCUT2D eigenvalue weighted by Crippen LogP contribution is -2.28. The van der Waals surface area contributed by atoms with Gasteiger partial charge in [-0.15, -0.1) is 0 Å². The zero-order chi connectivity index (χ0) is 24.6. The fraction of sp³-hybridized carbons (Fsp3) is 0.370. The molecule has 1 aliphatic carbocycles. The van der Waals surface area contributed by atoms with Crippen LogP contribution in [0, 0.1) is 11.3 Å². The van der Waals surface area contributed by atoms with Gasteiger partial charge in [0.1, 0.15) is 17.3 Å². The largest absolute Gasteiger partial charge is 0.325 e. The molecule has 1 aliphatic heterocycles. The first-order valence-electron chi connectivity index (χ1n) is 12.6. The van der Waals surface area contributed by atoms with E-state index in [9.17, 15) is 14.9 Å². The summed E-state index contributed by atoms with van der Waals surface area (Å²) in [5, 5.41) is 18.2. The third kappa shape index (κ3) is 4.03. The van der Waals surface area contributed by atoms with Crippen LogP contribution in [0.25, 0.3) is 21.8 Å². The molecule has 1 aromatic carbocycles. The fourth-order valence-corrected chi connectivity index (χ4v) is 5.61. The Morgan fingerprint density at radius 2 is 1.83 bits per heavy atom. The second kappa shape index (κ2) is 9.21. The molecule has 0 bridgehead atoms. The van der Waals surface area contributed by atoms with Crippen LogP contribution < -0.4 is 21.8 Å². The van der Waals surface area contributed by atoms with Crippen LogP contribution in [0.5, 0.6) is 0 Å². The van der Waals surface area contributed by atoms with Crippen molar-refractivity contribution in [3.63, 3.8) is 0 Å². The van der Waals surface area contributed by atoms with Crippen molar-refractivity contribution in [2.75, 3.05) is 18.4 Å². The number of nitrogens with one attached hydrogen (secondary N) is 3. The van der Waals surface area contributed by atoms with Crippen molar-refractivity contribution in [2.45, 2.75) is 50.5 Å². The highest BCUT2D eigenvalue weighted by atomic mass is 16.1. The Morgan fingerprint density at radius 1 is 1.03 bits per heavy atom. The Balaban J connectivity index is 1.38. The van der Waals surface area contributed by atoms with Crippen LogP contribution in [-0.4, -0.2) is 32.6 Å². The number of hydrogen-bond donors (Lipinski definition) is 3. The van der Waals surface area contributed by atoms with E-state index >= 15 is 0 Å². The van der Waals surface area contributed by atoms with Gasteiger partial charge in [0.2, 0.25) is 5.95 Å². The number of rotatable bonds is 4. The van der Waals surface area contributed by atoms with Crippen LogP contribution in [0.15, 0.2) is 46.1 Å². The van der Waals surface area contributed by atoms with Gasteiger partial charge in [0.15, 0.2) is 0 Å². The summed E-state index contributed by atoms with van der Waals surface area (Å²) in [7, 11) is 0. The molecule has 0 amide bonds. The van der Waals surface area contributed by atoms with Gasteiger partial charge in [-0.1, -0.05) is 12.8 Å². The number of aromatic amines is 1. The van der Waals surface area contributed by atoms with E-state index in [2.05, 4.69) is 26.7 Å². The third-order valence-corrected chi connectivity index (χ3v) is 7.48. The molecule has 6 rings (SSSR count). The summed E-state index contributed by atoms with van der Waals surface area (Å²) in [6.45, 7) is 1.90. The number of benzene rings is 1. The number of H-pyrrole nitrogens is 1. The Kier molecular flexibility index (Phi) is 5.74. The summed E-state index contributed by atoms with van der Waals surface area (Å²) in [4.78, 5) is 38.0. The zero-order valence-electron chi connectivity index (χ0n) is 19.9. The van der Waals surface area contributed by atoms with Gasteiger partial charge in [-0.2, -0.15) is 10.2 Å². The van der Waals surface area contributed by atoms with E-state index in [1.165, 1.54) is 0 Å². The van der Waals surface area contributed by atoms with Gasteiger partial charge >= 0.3 is 0 Å². The molecule has 0 radical (unpaired) electrons. The number of hydrogen-bond acceptors (Lipinski definition) is 7. The summed E-state index contributed by atoms with van der Waals surface area (Å²) in [6, 6.07) is 11.3. The average Bonchev–Trinajstić information content (AvgIpc) is 3.43. The smallest absolute Gasteiger partial charge is 0.270 e. The van der Waals surface area contributed by atoms with Crippen LogP contribution in [0.4, 0.5) is 11.6 Å². The minimum atomic E-state index is -0.295. The van der Waals surface area contributed by atoms with E-state index < -0.39 is 0 Å². The van der Waals surface area contributed by atoms with Crippen LogP contribution in [0.3, 0.4) is 0 Å². The zero-order valence-corrected chi connectivity index (χ0v) is 19.9. The number of aromatic nitrogens is 4. The second-order valence-electron chi connectivity index (χ2n) is 9.76. The summed E-state index contributed by atoms with van der Waals surface area (Å²) < 4.78 is 1.68. The van der Waals surface area contributed by atoms with Crippen molar-refractivity contribution in [1.29, 1.82) is 5.26 Å². The predicted octanol–water partition coefficient (Wildman–Crippen LogP) is 3.83. The Morgan fingerprint density at radius 3 is 2.61 bits per heavy atom. The topological polar surface area (TPSA) is 128 Å². The van der Waals surface area contributed by atoms with Crippen LogP contribution in [0.1, 0.15) is 61.7 Å². The molecule has 2 fully saturated rings. The molecule has 1 saturated heterocycles. The van der Waals surface area contributed by atoms with Crippen LogP contribution in [0.2, 0.25) is 0 Å². The lowest BCUT2D eigenvalue weighted by Gasteiger charge is -2.22. The molecule has 36 heavy (non-hydrogen) atoms. The number of nitriles is 1. The highest BCUT2D eigenvalue weighted by Crippen LogP contribution is 2.31. The number of nitrogens with zero attached hydrogens (tertiary/aromatic N) is 4. The normalized spacial score (nSPS) is 17.0. The van der Waals surface area contributed by atoms with Crippen LogP contribution >= 0.6 is 0 Å². The monoisotopic (exact) mass is 481 g/mol. The average molecular weight is 482 g/mol. The number of anilines is 2. The first-order chi connectivity index (χ1) is 17.6. The van der Waals surface area contributed by atoms with Crippen molar-refractivity contribution >= 4 is 33.4 Å². The fourth-order valence-electron chi connectivity index (χ4n) is 5.61. The highest BCUT2D eigenvalue weighted by Gasteiger charge is 2.23. The molecule has 182 valence electrons. The van der Waals surface area contributed by atoms with Crippen molar-refractivity contribution in [2.24, 2.45) is 0 Å². The van der Waals surface area contributed by atoms with E-state index in [0.717, 1.165) is 68.4 Å². The molecule has 4 heterocycles. The molecule has 2 aliphatic rings. The maximum Gasteiger partial charge on any atom is 0.270 e. The predicted molar refractivity (Wildman–Crippen MR) is 139 cm³/mol. The van der Waals surface area contributed by atoms with Crippen molar-refractivity contribution in [3.8, 4) is 6.07 Å². The first kappa shape index (κ1) is 22.4. The molecule has 3 aromatic heterocycles. The molecule has 4 aromatic rings. The molecule has 1 saturated carbocycles. The number of pyridine rings is 2. The SMILES string of the molecule is N#Cc1cc2cnc(Nc3ccc4c(=O)[nH]c(C5CCNCC5)cc4c3)nc2n(C2CCCC2)c1=O. The second-order valence-corrected chi connectivity index (χ2v) is 9.76. The molecular formula is C27H27N7O2. The Labute approximate surface area is 207 Å². The van der Waals surface area contributed by atoms with Gasteiger partial charge < -0.3 is 15.6 Å². The first-order valence-corrected chi connectivity index (χ1v) is 12.6. The maximum absolute atomic E-state index is 13.0. The minimum Gasteiger partial charge on any atom is -0.325 e. The molecule has 0 spiro atoms. The molecule has 9 nitrogen and oxygen atoms in total. The third-order valence-electron chi connectivity index (χ3n) is 7.48. The van der Waals surface area contributed by atoms with E-state index in [1.807, 2.05) is 18.2 Å². The van der Waals surface area contributed by atoms with Gasteiger partial charge in [0.05, 0.1) is 0 Å². The lowest BCUT2D eigenvalue weighted by atomic mass is 9.93. The Hall–Kier alpha value is -4.03. The van der Waals surface area contributed by atoms with Gasteiger partial charge in [-0.25, -0.2) is 4.98 Å². The van der Waals surface area contributed by atoms with Crippen molar-refractivity contribution in [1.82, 2.24) is 24.8 Å². The number of piperidine rings is 1. The molecule has 0 unspecified atom stereocenters. The van der Waals surface area contributed by atoms with E-state index in [0.29, 0.717) is 28.3 Å². The summed E-state index contributed by atoms with van der Waals surface area (Å²) >= 11 is 0. The molecule has 9 heteroatoms. The highest BCUT2D eigenvalue weighted by molar-refractivity contribution is 5.86. The van der Waals surface area contributed by atoms with E-state index in [1.54, 1.807) is 22.9 Å². The summed E-state index contributed by atoms with van der Waals surface area (Å²) in [6.07, 6.45) is 7.56. The van der Waals surface area contributed by atoms with Gasteiger partial charge in [-0.05, 0) is 74.5 Å². The van der Waals surface area contributed by atoms with E-state index in [4.69, 9.17) is 4.98 Å². The minimum absolute atomic E-state index is 0.0388. The summed E-state index contributed by atoms with van der Waals surface area (Å²) in [5.41, 5.74) is 2.01. The van der Waals surface area contributed by atoms with Gasteiger partial charge in [0.25, 0.3) is 11.1 Å². The maximum atomic E-state index is 13.0. The quantitative estimate of drug-likeness (QED) is 0.404. The molecular weight excluding hydrogens is 454 g/mol. The van der Waals surface area contributed by atoms with Gasteiger partial charge in [0, 0.05) is 40.3 Å². The molecule has 3 N–H and O–H groups in total. The van der Waals surface area contributed by atoms with Gasteiger partial charge in [-0.3, -0.25) is 14.2 Å².